The second kappa shape index (κ2) is 8.69. The molecule has 0 amide bonds. The van der Waals surface area contributed by atoms with Gasteiger partial charge in [-0.2, -0.15) is 11.8 Å². The van der Waals surface area contributed by atoms with Gasteiger partial charge in [-0.1, -0.05) is 6.07 Å². The van der Waals surface area contributed by atoms with E-state index in [1.54, 1.807) is 6.26 Å². The lowest BCUT2D eigenvalue weighted by Gasteiger charge is -2.09. The molecule has 4 nitrogen and oxygen atoms in total. The number of nitrogens with zero attached hydrogens (tertiary/aromatic N) is 1. The van der Waals surface area contributed by atoms with Gasteiger partial charge in [0, 0.05) is 12.7 Å². The van der Waals surface area contributed by atoms with Crippen LogP contribution in [0.25, 0.3) is 0 Å². The molecule has 0 saturated heterocycles. The minimum atomic E-state index is 0.613. The third-order valence-corrected chi connectivity index (χ3v) is 4.04. The lowest BCUT2D eigenvalue weighted by Crippen LogP contribution is -2.29. The van der Waals surface area contributed by atoms with E-state index >= 15 is 0 Å². The Labute approximate surface area is 134 Å². The van der Waals surface area contributed by atoms with E-state index in [0.717, 1.165) is 41.6 Å². The van der Waals surface area contributed by atoms with Crippen LogP contribution in [-0.4, -0.2) is 22.4 Å². The maximum atomic E-state index is 5.28. The third-order valence-electron chi connectivity index (χ3n) is 2.73. The number of aromatic nitrogens is 1. The van der Waals surface area contributed by atoms with Crippen LogP contribution in [0.15, 0.2) is 41.1 Å². The molecule has 0 aliphatic carbocycles. The Morgan fingerprint density at radius 2 is 2.29 bits per heavy atom. The first kappa shape index (κ1) is 15.9. The summed E-state index contributed by atoms with van der Waals surface area (Å²) in [5, 5.41) is 6.87. The van der Waals surface area contributed by atoms with Gasteiger partial charge in [0.15, 0.2) is 5.11 Å². The zero-order valence-electron chi connectivity index (χ0n) is 12.0. The number of thioether (sulfide) groups is 1. The number of furan rings is 1. The largest absolute Gasteiger partial charge is 0.468 e. The summed E-state index contributed by atoms with van der Waals surface area (Å²) in [6.45, 7) is 2.86. The van der Waals surface area contributed by atoms with Crippen molar-refractivity contribution in [2.75, 3.05) is 17.6 Å². The van der Waals surface area contributed by atoms with E-state index in [1.165, 1.54) is 0 Å². The van der Waals surface area contributed by atoms with Crippen LogP contribution in [0.4, 0.5) is 5.82 Å². The van der Waals surface area contributed by atoms with Gasteiger partial charge >= 0.3 is 0 Å². The quantitative estimate of drug-likeness (QED) is 0.600. The van der Waals surface area contributed by atoms with Gasteiger partial charge in [0.2, 0.25) is 0 Å². The van der Waals surface area contributed by atoms with E-state index in [-0.39, 0.29) is 0 Å². The van der Waals surface area contributed by atoms with Crippen molar-refractivity contribution in [2.45, 2.75) is 19.1 Å². The van der Waals surface area contributed by atoms with Crippen molar-refractivity contribution < 1.29 is 4.42 Å². The normalized spacial score (nSPS) is 10.3. The number of rotatable bonds is 7. The number of pyridine rings is 1. The first-order valence-electron chi connectivity index (χ1n) is 6.81. The maximum Gasteiger partial charge on any atom is 0.171 e. The smallest absolute Gasteiger partial charge is 0.171 e. The van der Waals surface area contributed by atoms with Crippen molar-refractivity contribution in [3.63, 3.8) is 0 Å². The molecule has 0 radical (unpaired) electrons. The van der Waals surface area contributed by atoms with Gasteiger partial charge in [-0.05, 0) is 55.1 Å². The average Bonchev–Trinajstić information content (AvgIpc) is 2.98. The van der Waals surface area contributed by atoms with Crippen molar-refractivity contribution in [2.24, 2.45) is 0 Å². The third kappa shape index (κ3) is 6.18. The second-order valence-corrected chi connectivity index (χ2v) is 6.10. The minimum Gasteiger partial charge on any atom is -0.468 e. The molecule has 0 spiro atoms. The molecule has 0 aliphatic rings. The predicted octanol–water partition coefficient (Wildman–Crippen LogP) is 3.59. The summed E-state index contributed by atoms with van der Waals surface area (Å²) in [4.78, 5) is 4.25. The van der Waals surface area contributed by atoms with E-state index in [9.17, 15) is 0 Å². The molecule has 0 bridgehead atoms. The minimum absolute atomic E-state index is 0.613. The van der Waals surface area contributed by atoms with Crippen LogP contribution >= 0.6 is 24.0 Å². The Kier molecular flexibility index (Phi) is 6.56. The monoisotopic (exact) mass is 321 g/mol. The van der Waals surface area contributed by atoms with Gasteiger partial charge in [-0.3, -0.25) is 0 Å². The number of nitrogens with one attached hydrogen (secondary N) is 2. The van der Waals surface area contributed by atoms with E-state index in [4.69, 9.17) is 16.6 Å². The summed E-state index contributed by atoms with van der Waals surface area (Å²) in [6, 6.07) is 7.84. The van der Waals surface area contributed by atoms with Crippen molar-refractivity contribution in [1.82, 2.24) is 10.3 Å². The number of aryl methyl sites for hydroxylation is 1. The summed E-state index contributed by atoms with van der Waals surface area (Å²) >= 11 is 7.09. The van der Waals surface area contributed by atoms with Crippen LogP contribution in [0, 0.1) is 6.92 Å². The predicted molar refractivity (Wildman–Crippen MR) is 92.7 cm³/mol. The average molecular weight is 321 g/mol. The van der Waals surface area contributed by atoms with Crippen LogP contribution < -0.4 is 10.6 Å². The van der Waals surface area contributed by atoms with Crippen molar-refractivity contribution in [3.05, 3.63) is 48.0 Å². The SMILES string of the molecule is Cc1ccc(NC(=S)NCCCSCc2ccco2)nc1. The lowest BCUT2D eigenvalue weighted by atomic mass is 10.3. The molecule has 0 aromatic carbocycles. The van der Waals surface area contributed by atoms with Gasteiger partial charge in [0.1, 0.15) is 11.6 Å². The van der Waals surface area contributed by atoms with Gasteiger partial charge in [-0.15, -0.1) is 0 Å². The number of anilines is 1. The molecule has 6 heteroatoms. The molecule has 0 aliphatic heterocycles. The van der Waals surface area contributed by atoms with E-state index in [0.29, 0.717) is 5.11 Å². The van der Waals surface area contributed by atoms with Crippen LogP contribution in [0.2, 0.25) is 0 Å². The number of hydrogen-bond acceptors (Lipinski definition) is 4. The van der Waals surface area contributed by atoms with Gasteiger partial charge < -0.3 is 15.1 Å². The molecule has 0 fully saturated rings. The van der Waals surface area contributed by atoms with Crippen LogP contribution in [-0.2, 0) is 5.75 Å². The highest BCUT2D eigenvalue weighted by atomic mass is 32.2. The molecule has 21 heavy (non-hydrogen) atoms. The summed E-state index contributed by atoms with van der Waals surface area (Å²) in [7, 11) is 0. The fourth-order valence-electron chi connectivity index (χ4n) is 1.65. The second-order valence-electron chi connectivity index (χ2n) is 4.59. The number of hydrogen-bond donors (Lipinski definition) is 2. The molecule has 112 valence electrons. The van der Waals surface area contributed by atoms with Crippen molar-refractivity contribution >= 4 is 34.9 Å². The fourth-order valence-corrected chi connectivity index (χ4v) is 2.71. The number of thiocarbonyl (C=S) groups is 1. The summed E-state index contributed by atoms with van der Waals surface area (Å²) < 4.78 is 5.28. The molecule has 2 rings (SSSR count). The standard InChI is InChI=1S/C15H19N3OS2/c1-12-5-6-14(17-10-12)18-15(20)16-7-3-9-21-11-13-4-2-8-19-13/h2,4-6,8,10H,3,7,9,11H2,1H3,(H2,16,17,18,20). The molecule has 0 atom stereocenters. The van der Waals surface area contributed by atoms with E-state index in [2.05, 4.69) is 15.6 Å². The molecular weight excluding hydrogens is 302 g/mol. The summed E-state index contributed by atoms with van der Waals surface area (Å²) in [6.07, 6.45) is 4.57. The summed E-state index contributed by atoms with van der Waals surface area (Å²) in [5.74, 6) is 3.78. The van der Waals surface area contributed by atoms with Crippen LogP contribution in [0.5, 0.6) is 0 Å². The van der Waals surface area contributed by atoms with Crippen molar-refractivity contribution in [1.29, 1.82) is 0 Å². The van der Waals surface area contributed by atoms with Crippen LogP contribution in [0.1, 0.15) is 17.7 Å². The molecular formula is C15H19N3OS2. The topological polar surface area (TPSA) is 50.1 Å². The molecule has 0 saturated carbocycles. The summed E-state index contributed by atoms with van der Waals surface area (Å²) in [5.41, 5.74) is 1.13. The zero-order chi connectivity index (χ0) is 14.9. The highest BCUT2D eigenvalue weighted by Gasteiger charge is 1.99. The van der Waals surface area contributed by atoms with E-state index < -0.39 is 0 Å². The molecule has 2 heterocycles. The first-order chi connectivity index (χ1) is 10.2. The highest BCUT2D eigenvalue weighted by Crippen LogP contribution is 2.12. The Morgan fingerprint density at radius 3 is 3.00 bits per heavy atom. The van der Waals surface area contributed by atoms with Crippen LogP contribution in [0.3, 0.4) is 0 Å². The first-order valence-corrected chi connectivity index (χ1v) is 8.38. The Balaban J connectivity index is 1.54. The zero-order valence-corrected chi connectivity index (χ0v) is 13.6. The Bertz CT molecular complexity index is 541. The molecule has 0 unspecified atom stereocenters. The van der Waals surface area contributed by atoms with E-state index in [1.807, 2.05) is 49.1 Å². The fraction of sp³-hybridized carbons (Fsp3) is 0.333. The molecule has 2 aromatic heterocycles. The lowest BCUT2D eigenvalue weighted by molar-refractivity contribution is 0.530. The van der Waals surface area contributed by atoms with Gasteiger partial charge in [0.25, 0.3) is 0 Å². The molecule has 2 N–H and O–H groups in total. The Hall–Kier alpha value is -1.53. The van der Waals surface area contributed by atoms with Gasteiger partial charge in [-0.25, -0.2) is 4.98 Å². The Morgan fingerprint density at radius 1 is 1.38 bits per heavy atom. The maximum absolute atomic E-state index is 5.28. The van der Waals surface area contributed by atoms with Gasteiger partial charge in [0.05, 0.1) is 12.0 Å². The van der Waals surface area contributed by atoms with Crippen molar-refractivity contribution in [3.8, 4) is 0 Å². The highest BCUT2D eigenvalue weighted by molar-refractivity contribution is 7.98. The molecule has 2 aromatic rings.